The molecule has 0 aromatic heterocycles. The number of hydrogen-bond donors (Lipinski definition) is 2. The number of piperazine rings is 1. The number of rotatable bonds is 3. The van der Waals surface area contributed by atoms with Gasteiger partial charge in [0, 0.05) is 37.8 Å². The minimum atomic E-state index is -0.341. The van der Waals surface area contributed by atoms with Crippen LogP contribution in [0.15, 0.2) is 48.5 Å². The number of nitrogens with zero attached hydrogens (tertiary/aromatic N) is 2. The third kappa shape index (κ3) is 4.00. The molecule has 2 fully saturated rings. The Morgan fingerprint density at radius 3 is 2.07 bits per heavy atom. The van der Waals surface area contributed by atoms with E-state index < -0.39 is 0 Å². The van der Waals surface area contributed by atoms with Gasteiger partial charge in [-0.2, -0.15) is 0 Å². The van der Waals surface area contributed by atoms with Gasteiger partial charge in [-0.25, -0.2) is 19.6 Å². The predicted molar refractivity (Wildman–Crippen MR) is 97.7 cm³/mol. The van der Waals surface area contributed by atoms with Crippen molar-refractivity contribution in [1.82, 2.24) is 20.7 Å². The highest BCUT2D eigenvalue weighted by Gasteiger charge is 2.32. The maximum Gasteiger partial charge on any atom is 0.253 e. The molecule has 2 saturated heterocycles. The van der Waals surface area contributed by atoms with E-state index in [2.05, 4.69) is 15.8 Å². The standard InChI is InChI=1S/C20H22F2N4O/c21-16-5-1-14(2-6-16)18-13-19(24-23-18)25-9-11-26(12-10-25)20(27)15-3-7-17(22)8-4-15/h1-8,18-19,23-24H,9-13H2. The summed E-state index contributed by atoms with van der Waals surface area (Å²) in [5, 5.41) is 0. The summed E-state index contributed by atoms with van der Waals surface area (Å²) >= 11 is 0. The second kappa shape index (κ2) is 7.72. The first-order valence-electron chi connectivity index (χ1n) is 9.15. The maximum atomic E-state index is 13.1. The van der Waals surface area contributed by atoms with Crippen molar-refractivity contribution in [3.63, 3.8) is 0 Å². The van der Waals surface area contributed by atoms with Gasteiger partial charge >= 0.3 is 0 Å². The van der Waals surface area contributed by atoms with Crippen LogP contribution in [-0.2, 0) is 0 Å². The van der Waals surface area contributed by atoms with Crippen LogP contribution in [0.2, 0.25) is 0 Å². The molecule has 27 heavy (non-hydrogen) atoms. The lowest BCUT2D eigenvalue weighted by Crippen LogP contribution is -2.55. The van der Waals surface area contributed by atoms with Gasteiger partial charge in [-0.05, 0) is 48.4 Å². The second-order valence-electron chi connectivity index (χ2n) is 6.98. The molecule has 2 aliphatic rings. The molecule has 0 radical (unpaired) electrons. The Morgan fingerprint density at radius 1 is 0.852 bits per heavy atom. The van der Waals surface area contributed by atoms with Crippen LogP contribution >= 0.6 is 0 Å². The molecule has 2 aromatic rings. The molecule has 5 nitrogen and oxygen atoms in total. The predicted octanol–water partition coefficient (Wildman–Crippen LogP) is 2.29. The highest BCUT2D eigenvalue weighted by molar-refractivity contribution is 5.94. The van der Waals surface area contributed by atoms with Gasteiger partial charge in [0.25, 0.3) is 5.91 Å². The second-order valence-corrected chi connectivity index (χ2v) is 6.98. The molecular weight excluding hydrogens is 350 g/mol. The van der Waals surface area contributed by atoms with Crippen molar-refractivity contribution in [3.8, 4) is 0 Å². The Balaban J connectivity index is 1.31. The van der Waals surface area contributed by atoms with Crippen LogP contribution in [-0.4, -0.2) is 48.1 Å². The summed E-state index contributed by atoms with van der Waals surface area (Å²) in [4.78, 5) is 16.6. The fourth-order valence-electron chi connectivity index (χ4n) is 3.70. The molecule has 0 bridgehead atoms. The van der Waals surface area contributed by atoms with Crippen molar-refractivity contribution in [1.29, 1.82) is 0 Å². The Morgan fingerprint density at radius 2 is 1.44 bits per heavy atom. The van der Waals surface area contributed by atoms with Gasteiger partial charge in [-0.1, -0.05) is 12.1 Å². The van der Waals surface area contributed by atoms with Crippen molar-refractivity contribution in [2.24, 2.45) is 0 Å². The van der Waals surface area contributed by atoms with Crippen molar-refractivity contribution in [3.05, 3.63) is 71.3 Å². The van der Waals surface area contributed by atoms with Gasteiger partial charge in [0.05, 0.1) is 6.17 Å². The molecule has 0 saturated carbocycles. The summed E-state index contributed by atoms with van der Waals surface area (Å²) in [6.07, 6.45) is 1.04. The smallest absolute Gasteiger partial charge is 0.253 e. The number of carbonyl (C=O) groups is 1. The van der Waals surface area contributed by atoms with Gasteiger partial charge in [-0.3, -0.25) is 9.69 Å². The molecule has 1 amide bonds. The highest BCUT2D eigenvalue weighted by Crippen LogP contribution is 2.24. The molecule has 4 rings (SSSR count). The zero-order chi connectivity index (χ0) is 18.8. The molecule has 2 aromatic carbocycles. The summed E-state index contributed by atoms with van der Waals surface area (Å²) in [6.45, 7) is 2.80. The van der Waals surface area contributed by atoms with E-state index in [1.165, 1.54) is 36.4 Å². The zero-order valence-electron chi connectivity index (χ0n) is 14.9. The van der Waals surface area contributed by atoms with E-state index >= 15 is 0 Å². The van der Waals surface area contributed by atoms with Crippen LogP contribution < -0.4 is 10.9 Å². The Labute approximate surface area is 156 Å². The van der Waals surface area contributed by atoms with Gasteiger partial charge < -0.3 is 4.90 Å². The first kappa shape index (κ1) is 18.0. The van der Waals surface area contributed by atoms with Crippen LogP contribution in [0.4, 0.5) is 8.78 Å². The Bertz CT molecular complexity index is 789. The fraction of sp³-hybridized carbons (Fsp3) is 0.350. The molecule has 2 atom stereocenters. The van der Waals surface area contributed by atoms with Gasteiger partial charge in [0.1, 0.15) is 11.6 Å². The molecule has 142 valence electrons. The number of carbonyl (C=O) groups excluding carboxylic acids is 1. The number of amides is 1. The molecular formula is C20H22F2N4O. The summed E-state index contributed by atoms with van der Waals surface area (Å²) < 4.78 is 26.1. The molecule has 2 N–H and O–H groups in total. The first-order valence-corrected chi connectivity index (χ1v) is 9.15. The van der Waals surface area contributed by atoms with Crippen molar-refractivity contribution >= 4 is 5.91 Å². The maximum absolute atomic E-state index is 13.1. The topological polar surface area (TPSA) is 47.6 Å². The quantitative estimate of drug-likeness (QED) is 0.868. The lowest BCUT2D eigenvalue weighted by Gasteiger charge is -2.37. The normalized spacial score (nSPS) is 23.6. The van der Waals surface area contributed by atoms with Gasteiger partial charge in [0.15, 0.2) is 0 Å². The lowest BCUT2D eigenvalue weighted by atomic mass is 10.0. The van der Waals surface area contributed by atoms with Gasteiger partial charge in [0.2, 0.25) is 0 Å². The van der Waals surface area contributed by atoms with E-state index in [4.69, 9.17) is 0 Å². The van der Waals surface area contributed by atoms with E-state index in [1.807, 2.05) is 4.90 Å². The van der Waals surface area contributed by atoms with Crippen LogP contribution in [0.25, 0.3) is 0 Å². The summed E-state index contributed by atoms with van der Waals surface area (Å²) in [5.74, 6) is -0.633. The largest absolute Gasteiger partial charge is 0.336 e. The van der Waals surface area contributed by atoms with Crippen LogP contribution in [0.3, 0.4) is 0 Å². The molecule has 2 unspecified atom stereocenters. The van der Waals surface area contributed by atoms with E-state index in [1.54, 1.807) is 12.1 Å². The average Bonchev–Trinajstić information content (AvgIpc) is 3.19. The minimum Gasteiger partial charge on any atom is -0.336 e. The first-order chi connectivity index (χ1) is 13.1. The molecule has 2 aliphatic heterocycles. The molecule has 0 spiro atoms. The fourth-order valence-corrected chi connectivity index (χ4v) is 3.70. The van der Waals surface area contributed by atoms with E-state index in [0.717, 1.165) is 25.1 Å². The summed E-state index contributed by atoms with van der Waals surface area (Å²) in [6, 6.07) is 12.4. The molecule has 7 heteroatoms. The van der Waals surface area contributed by atoms with E-state index in [-0.39, 0.29) is 29.7 Å². The molecule has 0 aliphatic carbocycles. The lowest BCUT2D eigenvalue weighted by molar-refractivity contribution is 0.0545. The number of halogens is 2. The molecule has 2 heterocycles. The van der Waals surface area contributed by atoms with E-state index in [0.29, 0.717) is 18.7 Å². The van der Waals surface area contributed by atoms with Crippen molar-refractivity contribution in [2.45, 2.75) is 18.6 Å². The van der Waals surface area contributed by atoms with Crippen LogP contribution in [0.1, 0.15) is 28.4 Å². The zero-order valence-corrected chi connectivity index (χ0v) is 14.9. The third-order valence-corrected chi connectivity index (χ3v) is 5.29. The Kier molecular flexibility index (Phi) is 5.15. The van der Waals surface area contributed by atoms with Crippen LogP contribution in [0.5, 0.6) is 0 Å². The third-order valence-electron chi connectivity index (χ3n) is 5.29. The summed E-state index contributed by atoms with van der Waals surface area (Å²) in [7, 11) is 0. The summed E-state index contributed by atoms with van der Waals surface area (Å²) in [5.41, 5.74) is 8.15. The monoisotopic (exact) mass is 372 g/mol. The van der Waals surface area contributed by atoms with Gasteiger partial charge in [-0.15, -0.1) is 0 Å². The Hall–Kier alpha value is -2.35. The number of benzene rings is 2. The highest BCUT2D eigenvalue weighted by atomic mass is 19.1. The number of hydrogen-bond acceptors (Lipinski definition) is 4. The SMILES string of the molecule is O=C(c1ccc(F)cc1)N1CCN(C2CC(c3ccc(F)cc3)NN2)CC1. The number of hydrazine groups is 1. The minimum absolute atomic E-state index is 0.0589. The van der Waals surface area contributed by atoms with E-state index in [9.17, 15) is 13.6 Å². The van der Waals surface area contributed by atoms with Crippen molar-refractivity contribution < 1.29 is 13.6 Å². The average molecular weight is 372 g/mol. The van der Waals surface area contributed by atoms with Crippen LogP contribution in [0, 0.1) is 11.6 Å². The number of nitrogens with one attached hydrogen (secondary N) is 2. The van der Waals surface area contributed by atoms with Crippen molar-refractivity contribution in [2.75, 3.05) is 26.2 Å².